The van der Waals surface area contributed by atoms with Gasteiger partial charge in [-0.3, -0.25) is 10.2 Å². The Hall–Kier alpha value is -2.60. The van der Waals surface area contributed by atoms with Crippen molar-refractivity contribution in [1.29, 1.82) is 5.41 Å². The molecule has 1 aromatic carbocycles. The van der Waals surface area contributed by atoms with Crippen molar-refractivity contribution in [3.63, 3.8) is 0 Å². The maximum Gasteiger partial charge on any atom is 0.259 e. The van der Waals surface area contributed by atoms with Gasteiger partial charge in [-0.15, -0.1) is 0 Å². The van der Waals surface area contributed by atoms with Crippen molar-refractivity contribution in [3.05, 3.63) is 52.2 Å². The Labute approximate surface area is 157 Å². The van der Waals surface area contributed by atoms with Crippen molar-refractivity contribution in [1.82, 2.24) is 4.98 Å². The number of rotatable bonds is 4. The van der Waals surface area contributed by atoms with Crippen molar-refractivity contribution >= 4 is 34.8 Å². The van der Waals surface area contributed by atoms with Crippen LogP contribution in [-0.2, 0) is 0 Å². The van der Waals surface area contributed by atoms with E-state index in [1.165, 1.54) is 6.42 Å². The molecule has 7 heteroatoms. The van der Waals surface area contributed by atoms with E-state index in [0.717, 1.165) is 25.9 Å². The number of piperidine rings is 1. The molecule has 26 heavy (non-hydrogen) atoms. The minimum atomic E-state index is -0.277. The zero-order chi connectivity index (χ0) is 18.7. The summed E-state index contributed by atoms with van der Waals surface area (Å²) in [4.78, 5) is 19.6. The number of nitrogens with two attached hydrogens (primary N) is 1. The highest BCUT2D eigenvalue weighted by molar-refractivity contribution is 6.31. The molecule has 2 heterocycles. The van der Waals surface area contributed by atoms with Gasteiger partial charge in [-0.1, -0.05) is 23.7 Å². The number of nitrogens with one attached hydrogen (secondary N) is 2. The molecule has 0 spiro atoms. The van der Waals surface area contributed by atoms with E-state index in [1.807, 2.05) is 6.92 Å². The number of amidine groups is 1. The molecule has 0 saturated carbocycles. The topological polar surface area (TPSA) is 95.1 Å². The molecule has 0 atom stereocenters. The van der Waals surface area contributed by atoms with Crippen LogP contribution in [0.4, 0.5) is 11.5 Å². The monoisotopic (exact) mass is 371 g/mol. The predicted octanol–water partition coefficient (Wildman–Crippen LogP) is 3.57. The Morgan fingerprint density at radius 2 is 2.00 bits per heavy atom. The fourth-order valence-electron chi connectivity index (χ4n) is 3.04. The third-order valence-electron chi connectivity index (χ3n) is 4.46. The summed E-state index contributed by atoms with van der Waals surface area (Å²) in [6.45, 7) is 3.61. The van der Waals surface area contributed by atoms with E-state index in [4.69, 9.17) is 22.7 Å². The number of halogens is 1. The molecule has 136 valence electrons. The van der Waals surface area contributed by atoms with Gasteiger partial charge in [0.05, 0.1) is 16.3 Å². The van der Waals surface area contributed by atoms with Gasteiger partial charge in [0.15, 0.2) is 0 Å². The van der Waals surface area contributed by atoms with E-state index < -0.39 is 0 Å². The van der Waals surface area contributed by atoms with Crippen LogP contribution in [0.15, 0.2) is 30.3 Å². The zero-order valence-corrected chi connectivity index (χ0v) is 15.4. The number of benzene rings is 1. The highest BCUT2D eigenvalue weighted by Gasteiger charge is 2.22. The maximum atomic E-state index is 12.9. The second kappa shape index (κ2) is 7.74. The molecule has 1 aliphatic rings. The fraction of sp³-hybridized carbons (Fsp3) is 0.316. The molecule has 1 aromatic heterocycles. The van der Waals surface area contributed by atoms with Crippen LogP contribution in [0.1, 0.15) is 40.9 Å². The molecule has 0 bridgehead atoms. The van der Waals surface area contributed by atoms with Crippen LogP contribution in [-0.4, -0.2) is 29.8 Å². The first kappa shape index (κ1) is 18.2. The van der Waals surface area contributed by atoms with Gasteiger partial charge in [0.1, 0.15) is 11.7 Å². The lowest BCUT2D eigenvalue weighted by Gasteiger charge is -2.29. The molecule has 1 saturated heterocycles. The van der Waals surface area contributed by atoms with Gasteiger partial charge in [0.25, 0.3) is 5.91 Å². The number of carbonyl (C=O) groups excluding carboxylic acids is 1. The van der Waals surface area contributed by atoms with Crippen molar-refractivity contribution in [2.75, 3.05) is 23.3 Å². The Bertz CT molecular complexity index is 846. The number of nitrogen functional groups attached to an aromatic ring is 1. The average Bonchev–Trinajstić information content (AvgIpc) is 2.64. The molecular weight excluding hydrogens is 350 g/mol. The normalized spacial score (nSPS) is 14.2. The number of nitrogens with zero attached hydrogens (tertiary/aromatic N) is 2. The van der Waals surface area contributed by atoms with Gasteiger partial charge in [-0.25, -0.2) is 4.98 Å². The number of carbonyl (C=O) groups is 1. The summed E-state index contributed by atoms with van der Waals surface area (Å²) < 4.78 is 0. The van der Waals surface area contributed by atoms with Crippen LogP contribution in [0.25, 0.3) is 0 Å². The smallest absolute Gasteiger partial charge is 0.259 e. The van der Waals surface area contributed by atoms with Crippen LogP contribution in [0.3, 0.4) is 0 Å². The van der Waals surface area contributed by atoms with Gasteiger partial charge in [0, 0.05) is 24.3 Å². The summed E-state index contributed by atoms with van der Waals surface area (Å²) in [6, 6.07) is 8.58. The standard InChI is InChI=1S/C19H22ClN5O/c1-12-16(20)11-15(18(23-12)25-8-3-2-4-9-25)19(26)24-14-7-5-6-13(10-14)17(21)22/h5-7,10-11H,2-4,8-9H2,1H3,(H3,21,22)(H,24,26). The maximum absolute atomic E-state index is 12.9. The van der Waals surface area contributed by atoms with Crippen molar-refractivity contribution in [3.8, 4) is 0 Å². The van der Waals surface area contributed by atoms with Gasteiger partial charge in [-0.05, 0) is 44.4 Å². The Kier molecular flexibility index (Phi) is 5.42. The van der Waals surface area contributed by atoms with Gasteiger partial charge < -0.3 is 16.0 Å². The molecular formula is C19H22ClN5O. The number of hydrogen-bond acceptors (Lipinski definition) is 4. The molecule has 0 aliphatic carbocycles. The molecule has 2 aromatic rings. The van der Waals surface area contributed by atoms with E-state index in [1.54, 1.807) is 30.3 Å². The number of pyridine rings is 1. The molecule has 0 unspecified atom stereocenters. The molecule has 4 N–H and O–H groups in total. The zero-order valence-electron chi connectivity index (χ0n) is 14.7. The first-order valence-corrected chi connectivity index (χ1v) is 9.01. The Balaban J connectivity index is 1.92. The summed E-state index contributed by atoms with van der Waals surface area (Å²) in [7, 11) is 0. The summed E-state index contributed by atoms with van der Waals surface area (Å²) in [5.74, 6) is 0.350. The minimum Gasteiger partial charge on any atom is -0.384 e. The molecule has 1 amide bonds. The quantitative estimate of drug-likeness (QED) is 0.565. The molecule has 1 fully saturated rings. The van der Waals surface area contributed by atoms with Gasteiger partial charge in [0.2, 0.25) is 0 Å². The molecule has 0 radical (unpaired) electrons. The van der Waals surface area contributed by atoms with E-state index >= 15 is 0 Å². The van der Waals surface area contributed by atoms with Crippen LogP contribution in [0, 0.1) is 12.3 Å². The third-order valence-corrected chi connectivity index (χ3v) is 4.85. The second-order valence-corrected chi connectivity index (χ2v) is 6.83. The van der Waals surface area contributed by atoms with E-state index in [2.05, 4.69) is 15.2 Å². The van der Waals surface area contributed by atoms with Crippen LogP contribution in [0.5, 0.6) is 0 Å². The number of aromatic nitrogens is 1. The number of amides is 1. The van der Waals surface area contributed by atoms with Crippen molar-refractivity contribution < 1.29 is 4.79 Å². The molecule has 1 aliphatic heterocycles. The summed E-state index contributed by atoms with van der Waals surface area (Å²) in [5, 5.41) is 10.9. The lowest BCUT2D eigenvalue weighted by molar-refractivity contribution is 0.102. The highest BCUT2D eigenvalue weighted by Crippen LogP contribution is 2.27. The van der Waals surface area contributed by atoms with Crippen LogP contribution < -0.4 is 16.0 Å². The minimum absolute atomic E-state index is 0.0462. The first-order valence-electron chi connectivity index (χ1n) is 8.63. The Morgan fingerprint density at radius 3 is 2.69 bits per heavy atom. The second-order valence-electron chi connectivity index (χ2n) is 6.42. The van der Waals surface area contributed by atoms with Gasteiger partial charge in [-0.2, -0.15) is 0 Å². The lowest BCUT2D eigenvalue weighted by atomic mass is 10.1. The average molecular weight is 372 g/mol. The van der Waals surface area contributed by atoms with E-state index in [-0.39, 0.29) is 11.7 Å². The SMILES string of the molecule is Cc1nc(N2CCCCC2)c(C(=O)Nc2cccc(C(=N)N)c2)cc1Cl. The molecule has 3 rings (SSSR count). The van der Waals surface area contributed by atoms with Gasteiger partial charge >= 0.3 is 0 Å². The van der Waals surface area contributed by atoms with E-state index in [0.29, 0.717) is 33.3 Å². The molecule has 6 nitrogen and oxygen atoms in total. The summed E-state index contributed by atoms with van der Waals surface area (Å²) in [6.07, 6.45) is 3.37. The number of hydrogen-bond donors (Lipinski definition) is 3. The summed E-state index contributed by atoms with van der Waals surface area (Å²) in [5.41, 5.74) is 7.81. The summed E-state index contributed by atoms with van der Waals surface area (Å²) >= 11 is 6.23. The van der Waals surface area contributed by atoms with Crippen LogP contribution in [0.2, 0.25) is 5.02 Å². The number of aryl methyl sites for hydroxylation is 1. The lowest BCUT2D eigenvalue weighted by Crippen LogP contribution is -2.32. The van der Waals surface area contributed by atoms with Crippen LogP contribution >= 0.6 is 11.6 Å². The number of anilines is 2. The predicted molar refractivity (Wildman–Crippen MR) is 105 cm³/mol. The Morgan fingerprint density at radius 1 is 1.27 bits per heavy atom. The highest BCUT2D eigenvalue weighted by atomic mass is 35.5. The van der Waals surface area contributed by atoms with Crippen molar-refractivity contribution in [2.45, 2.75) is 26.2 Å². The van der Waals surface area contributed by atoms with E-state index in [9.17, 15) is 4.79 Å². The largest absolute Gasteiger partial charge is 0.384 e. The first-order chi connectivity index (χ1) is 12.5. The van der Waals surface area contributed by atoms with Crippen molar-refractivity contribution in [2.24, 2.45) is 5.73 Å². The third kappa shape index (κ3) is 3.96. The fourth-order valence-corrected chi connectivity index (χ4v) is 3.20.